The maximum Gasteiger partial charge on any atom is 0.344 e. The zero-order chi connectivity index (χ0) is 17.8. The molecule has 5 heteroatoms. The van der Waals surface area contributed by atoms with Crippen LogP contribution >= 0.6 is 0 Å². The van der Waals surface area contributed by atoms with Gasteiger partial charge in [0.25, 0.3) is 0 Å². The highest BCUT2D eigenvalue weighted by atomic mass is 16.6. The van der Waals surface area contributed by atoms with E-state index in [4.69, 9.17) is 14.2 Å². The molecule has 128 valence electrons. The summed E-state index contributed by atoms with van der Waals surface area (Å²) in [5, 5.41) is 0. The maximum atomic E-state index is 12.5. The van der Waals surface area contributed by atoms with Crippen LogP contribution in [-0.2, 0) is 9.53 Å². The molecule has 1 heterocycles. The van der Waals surface area contributed by atoms with E-state index in [1.54, 1.807) is 31.2 Å². The Hall–Kier alpha value is -3.08. The molecular formula is C20H18O5. The first kappa shape index (κ1) is 16.8. The van der Waals surface area contributed by atoms with E-state index in [2.05, 4.69) is 0 Å². The molecule has 0 atom stereocenters. The van der Waals surface area contributed by atoms with Gasteiger partial charge in [-0.15, -0.1) is 0 Å². The van der Waals surface area contributed by atoms with Gasteiger partial charge in [-0.2, -0.15) is 0 Å². The fourth-order valence-corrected chi connectivity index (χ4v) is 2.49. The third kappa shape index (κ3) is 3.71. The molecule has 1 aliphatic rings. The first-order valence-electron chi connectivity index (χ1n) is 8.01. The van der Waals surface area contributed by atoms with Crippen molar-refractivity contribution < 1.29 is 23.8 Å². The Morgan fingerprint density at radius 1 is 1.20 bits per heavy atom. The van der Waals surface area contributed by atoms with Crippen molar-refractivity contribution in [1.29, 1.82) is 0 Å². The molecular weight excluding hydrogens is 320 g/mol. The molecule has 0 aliphatic carbocycles. The molecule has 5 nitrogen and oxygen atoms in total. The summed E-state index contributed by atoms with van der Waals surface area (Å²) in [7, 11) is 0. The van der Waals surface area contributed by atoms with Crippen molar-refractivity contribution in [3.8, 4) is 11.5 Å². The predicted molar refractivity (Wildman–Crippen MR) is 92.7 cm³/mol. The summed E-state index contributed by atoms with van der Waals surface area (Å²) in [5.74, 6) is 0.519. The molecule has 0 unspecified atom stereocenters. The quantitative estimate of drug-likeness (QED) is 0.616. The van der Waals surface area contributed by atoms with E-state index in [0.717, 1.165) is 11.1 Å². The van der Waals surface area contributed by atoms with Gasteiger partial charge in [-0.05, 0) is 43.2 Å². The third-order valence-corrected chi connectivity index (χ3v) is 3.78. The number of hydrogen-bond donors (Lipinski definition) is 0. The van der Waals surface area contributed by atoms with Crippen LogP contribution in [0.25, 0.3) is 6.08 Å². The van der Waals surface area contributed by atoms with E-state index >= 15 is 0 Å². The Bertz CT molecular complexity index is 851. The Morgan fingerprint density at radius 2 is 2.00 bits per heavy atom. The van der Waals surface area contributed by atoms with Crippen LogP contribution in [0, 0.1) is 6.92 Å². The van der Waals surface area contributed by atoms with Crippen LogP contribution < -0.4 is 9.47 Å². The van der Waals surface area contributed by atoms with Crippen molar-refractivity contribution in [1.82, 2.24) is 0 Å². The van der Waals surface area contributed by atoms with Gasteiger partial charge in [-0.25, -0.2) is 4.79 Å². The lowest BCUT2D eigenvalue weighted by Crippen LogP contribution is -2.14. The van der Waals surface area contributed by atoms with E-state index in [9.17, 15) is 9.59 Å². The molecule has 0 saturated heterocycles. The average molecular weight is 338 g/mol. The minimum absolute atomic E-state index is 0.171. The number of aryl methyl sites for hydroxylation is 1. The molecule has 0 aromatic heterocycles. The highest BCUT2D eigenvalue weighted by molar-refractivity contribution is 6.14. The molecule has 0 bridgehead atoms. The normalized spacial score (nSPS) is 14.2. The van der Waals surface area contributed by atoms with Crippen LogP contribution in [0.2, 0.25) is 0 Å². The molecule has 0 radical (unpaired) electrons. The standard InChI is InChI=1S/C20H18O5/c1-3-23-19(21)12-24-15-8-9-16-17(11-15)25-18(20(16)22)10-14-7-5-4-6-13(14)2/h4-11H,3,12H2,1-2H3. The van der Waals surface area contributed by atoms with Crippen molar-refractivity contribution in [2.24, 2.45) is 0 Å². The van der Waals surface area contributed by atoms with Gasteiger partial charge in [-0.3, -0.25) is 4.79 Å². The minimum atomic E-state index is -0.444. The summed E-state index contributed by atoms with van der Waals surface area (Å²) in [5.41, 5.74) is 2.46. The number of rotatable bonds is 5. The fourth-order valence-electron chi connectivity index (χ4n) is 2.49. The molecule has 0 N–H and O–H groups in total. The Labute approximate surface area is 145 Å². The van der Waals surface area contributed by atoms with E-state index in [1.807, 2.05) is 31.2 Å². The first-order valence-corrected chi connectivity index (χ1v) is 8.01. The molecule has 25 heavy (non-hydrogen) atoms. The maximum absolute atomic E-state index is 12.5. The van der Waals surface area contributed by atoms with Gasteiger partial charge in [-0.1, -0.05) is 24.3 Å². The Kier molecular flexibility index (Phi) is 4.84. The van der Waals surface area contributed by atoms with E-state index < -0.39 is 5.97 Å². The van der Waals surface area contributed by atoms with Crippen LogP contribution in [0.4, 0.5) is 0 Å². The Morgan fingerprint density at radius 3 is 2.76 bits per heavy atom. The molecule has 0 spiro atoms. The van der Waals surface area contributed by atoms with E-state index in [0.29, 0.717) is 23.7 Å². The second-order valence-corrected chi connectivity index (χ2v) is 5.55. The van der Waals surface area contributed by atoms with Gasteiger partial charge in [0.05, 0.1) is 12.2 Å². The van der Waals surface area contributed by atoms with Gasteiger partial charge in [0.1, 0.15) is 11.5 Å². The number of allylic oxidation sites excluding steroid dienone is 1. The summed E-state index contributed by atoms with van der Waals surface area (Å²) in [4.78, 5) is 23.8. The topological polar surface area (TPSA) is 61.8 Å². The first-order chi connectivity index (χ1) is 12.1. The van der Waals surface area contributed by atoms with Crippen molar-refractivity contribution in [3.05, 3.63) is 64.9 Å². The van der Waals surface area contributed by atoms with Crippen molar-refractivity contribution >= 4 is 17.8 Å². The van der Waals surface area contributed by atoms with Gasteiger partial charge in [0.2, 0.25) is 5.78 Å². The fraction of sp³-hybridized carbons (Fsp3) is 0.200. The van der Waals surface area contributed by atoms with Crippen molar-refractivity contribution in [2.45, 2.75) is 13.8 Å². The van der Waals surface area contributed by atoms with Crippen LogP contribution in [-0.4, -0.2) is 25.0 Å². The zero-order valence-corrected chi connectivity index (χ0v) is 14.1. The summed E-state index contributed by atoms with van der Waals surface area (Å²) in [6, 6.07) is 12.6. The van der Waals surface area contributed by atoms with Crippen LogP contribution in [0.1, 0.15) is 28.4 Å². The number of ether oxygens (including phenoxy) is 3. The third-order valence-electron chi connectivity index (χ3n) is 3.78. The number of carbonyl (C=O) groups excluding carboxylic acids is 2. The molecule has 0 saturated carbocycles. The van der Waals surface area contributed by atoms with Gasteiger partial charge < -0.3 is 14.2 Å². The van der Waals surface area contributed by atoms with Crippen molar-refractivity contribution in [3.63, 3.8) is 0 Å². The number of Topliss-reactive ketones (excluding diaryl/α,β-unsaturated/α-hetero) is 1. The summed E-state index contributed by atoms with van der Waals surface area (Å²) < 4.78 is 15.9. The second kappa shape index (κ2) is 7.21. The van der Waals surface area contributed by atoms with Gasteiger partial charge >= 0.3 is 5.97 Å². The van der Waals surface area contributed by atoms with Crippen LogP contribution in [0.15, 0.2) is 48.2 Å². The number of carbonyl (C=O) groups is 2. The van der Waals surface area contributed by atoms with Gasteiger partial charge in [0, 0.05) is 6.07 Å². The lowest BCUT2D eigenvalue weighted by molar-refractivity contribution is -0.145. The van der Waals surface area contributed by atoms with E-state index in [-0.39, 0.29) is 18.1 Å². The monoisotopic (exact) mass is 338 g/mol. The smallest absolute Gasteiger partial charge is 0.344 e. The zero-order valence-electron chi connectivity index (χ0n) is 14.1. The molecule has 2 aromatic carbocycles. The van der Waals surface area contributed by atoms with Crippen molar-refractivity contribution in [2.75, 3.05) is 13.2 Å². The minimum Gasteiger partial charge on any atom is -0.482 e. The number of fused-ring (bicyclic) bond motifs is 1. The largest absolute Gasteiger partial charge is 0.482 e. The highest BCUT2D eigenvalue weighted by Gasteiger charge is 2.27. The molecule has 1 aliphatic heterocycles. The summed E-state index contributed by atoms with van der Waals surface area (Å²) in [6.45, 7) is 3.82. The lowest BCUT2D eigenvalue weighted by atomic mass is 10.1. The van der Waals surface area contributed by atoms with Gasteiger partial charge in [0.15, 0.2) is 12.4 Å². The molecule has 3 rings (SSSR count). The number of esters is 1. The molecule has 0 fully saturated rings. The van der Waals surface area contributed by atoms with Crippen LogP contribution in [0.5, 0.6) is 11.5 Å². The number of hydrogen-bond acceptors (Lipinski definition) is 5. The summed E-state index contributed by atoms with van der Waals surface area (Å²) >= 11 is 0. The number of benzene rings is 2. The average Bonchev–Trinajstić information content (AvgIpc) is 2.91. The van der Waals surface area contributed by atoms with Crippen LogP contribution in [0.3, 0.4) is 0 Å². The number of ketones is 1. The lowest BCUT2D eigenvalue weighted by Gasteiger charge is -2.06. The SMILES string of the molecule is CCOC(=O)COc1ccc2c(c1)OC(=Cc1ccccc1C)C2=O. The van der Waals surface area contributed by atoms with E-state index in [1.165, 1.54) is 0 Å². The predicted octanol–water partition coefficient (Wildman–Crippen LogP) is 3.55. The second-order valence-electron chi connectivity index (χ2n) is 5.55. The Balaban J connectivity index is 1.77. The highest BCUT2D eigenvalue weighted by Crippen LogP contribution is 2.35. The molecule has 0 amide bonds. The molecule has 2 aromatic rings. The summed E-state index contributed by atoms with van der Waals surface area (Å²) in [6.07, 6.45) is 1.73.